The number of amides is 1. The smallest absolute Gasteiger partial charge is 0.322 e. The van der Waals surface area contributed by atoms with Gasteiger partial charge in [0, 0.05) is 25.1 Å². The van der Waals surface area contributed by atoms with Gasteiger partial charge in [0.2, 0.25) is 0 Å². The fourth-order valence-corrected chi connectivity index (χ4v) is 2.34. The van der Waals surface area contributed by atoms with Crippen LogP contribution in [0.2, 0.25) is 0 Å². The van der Waals surface area contributed by atoms with E-state index < -0.39 is 17.6 Å². The van der Waals surface area contributed by atoms with E-state index >= 15 is 0 Å². The standard InChI is InChI=1S/C16H13F3N4O/c1-22-15(23-7-2-3-8-23)13(10-20-22)14(24)21-12-6-4-5-11(9-12)16(17,18)19/h2-10H,1H3,(H,21,24). The zero-order valence-electron chi connectivity index (χ0n) is 12.6. The minimum Gasteiger partial charge on any atom is -0.322 e. The number of benzene rings is 1. The van der Waals surface area contributed by atoms with Crippen molar-refractivity contribution in [1.29, 1.82) is 0 Å². The number of aromatic nitrogens is 3. The highest BCUT2D eigenvalue weighted by atomic mass is 19.4. The van der Waals surface area contributed by atoms with E-state index in [0.29, 0.717) is 5.82 Å². The summed E-state index contributed by atoms with van der Waals surface area (Å²) in [7, 11) is 1.68. The molecule has 0 atom stereocenters. The summed E-state index contributed by atoms with van der Waals surface area (Å²) in [4.78, 5) is 12.4. The molecule has 0 aliphatic heterocycles. The Kier molecular flexibility index (Phi) is 3.88. The molecule has 0 spiro atoms. The first-order valence-corrected chi connectivity index (χ1v) is 7.00. The molecule has 2 heterocycles. The molecule has 0 aliphatic carbocycles. The quantitative estimate of drug-likeness (QED) is 0.797. The Labute approximate surface area is 135 Å². The van der Waals surface area contributed by atoms with Gasteiger partial charge < -0.3 is 9.88 Å². The second kappa shape index (κ2) is 5.88. The van der Waals surface area contributed by atoms with Crippen LogP contribution in [-0.4, -0.2) is 20.3 Å². The van der Waals surface area contributed by atoms with Crippen molar-refractivity contribution >= 4 is 11.6 Å². The number of anilines is 1. The van der Waals surface area contributed by atoms with E-state index in [1.165, 1.54) is 23.0 Å². The second-order valence-electron chi connectivity index (χ2n) is 5.13. The van der Waals surface area contributed by atoms with Crippen LogP contribution >= 0.6 is 0 Å². The number of carbonyl (C=O) groups is 1. The number of halogens is 3. The van der Waals surface area contributed by atoms with E-state index in [1.54, 1.807) is 36.1 Å². The molecule has 0 fully saturated rings. The molecule has 5 nitrogen and oxygen atoms in total. The minimum absolute atomic E-state index is 0.0668. The third-order valence-electron chi connectivity index (χ3n) is 3.45. The molecule has 0 radical (unpaired) electrons. The SMILES string of the molecule is Cn1ncc(C(=O)Nc2cccc(C(F)(F)F)c2)c1-n1cccc1. The van der Waals surface area contributed by atoms with Crippen LogP contribution in [0.3, 0.4) is 0 Å². The zero-order chi connectivity index (χ0) is 17.3. The van der Waals surface area contributed by atoms with Crippen molar-refractivity contribution in [2.75, 3.05) is 5.32 Å². The third-order valence-corrected chi connectivity index (χ3v) is 3.45. The lowest BCUT2D eigenvalue weighted by Gasteiger charge is -2.11. The molecule has 2 aromatic heterocycles. The first kappa shape index (κ1) is 15.9. The molecule has 0 unspecified atom stereocenters. The fraction of sp³-hybridized carbons (Fsp3) is 0.125. The lowest BCUT2D eigenvalue weighted by atomic mass is 10.2. The average molecular weight is 334 g/mol. The second-order valence-corrected chi connectivity index (χ2v) is 5.13. The Bertz CT molecular complexity index is 866. The van der Waals surface area contributed by atoms with Crippen LogP contribution in [0, 0.1) is 0 Å². The van der Waals surface area contributed by atoms with Crippen molar-refractivity contribution in [3.05, 3.63) is 66.1 Å². The topological polar surface area (TPSA) is 51.9 Å². The number of alkyl halides is 3. The van der Waals surface area contributed by atoms with Crippen LogP contribution in [0.1, 0.15) is 15.9 Å². The van der Waals surface area contributed by atoms with Crippen molar-refractivity contribution in [2.24, 2.45) is 7.05 Å². The molecule has 24 heavy (non-hydrogen) atoms. The van der Waals surface area contributed by atoms with Crippen LogP contribution in [0.4, 0.5) is 18.9 Å². The largest absolute Gasteiger partial charge is 0.416 e. The van der Waals surface area contributed by atoms with Crippen molar-refractivity contribution in [1.82, 2.24) is 14.3 Å². The zero-order valence-corrected chi connectivity index (χ0v) is 12.6. The molecule has 3 rings (SSSR count). The molecule has 0 saturated heterocycles. The highest BCUT2D eigenvalue weighted by Gasteiger charge is 2.30. The van der Waals surface area contributed by atoms with Gasteiger partial charge >= 0.3 is 6.18 Å². The lowest BCUT2D eigenvalue weighted by Crippen LogP contribution is -2.15. The van der Waals surface area contributed by atoms with Crippen molar-refractivity contribution in [3.8, 4) is 5.82 Å². The Morgan fingerprint density at radius 1 is 1.17 bits per heavy atom. The number of carbonyl (C=O) groups excluding carboxylic acids is 1. The van der Waals surface area contributed by atoms with E-state index in [2.05, 4.69) is 10.4 Å². The summed E-state index contributed by atoms with van der Waals surface area (Å²) >= 11 is 0. The van der Waals surface area contributed by atoms with Crippen LogP contribution in [-0.2, 0) is 13.2 Å². The number of aryl methyl sites for hydroxylation is 1. The van der Waals surface area contributed by atoms with E-state index in [1.807, 2.05) is 0 Å². The third kappa shape index (κ3) is 3.03. The Hall–Kier alpha value is -3.03. The van der Waals surface area contributed by atoms with Gasteiger partial charge in [-0.05, 0) is 30.3 Å². The van der Waals surface area contributed by atoms with E-state index in [9.17, 15) is 18.0 Å². The number of nitrogens with one attached hydrogen (secondary N) is 1. The summed E-state index contributed by atoms with van der Waals surface area (Å²) in [6.45, 7) is 0. The normalized spacial score (nSPS) is 11.5. The van der Waals surface area contributed by atoms with Gasteiger partial charge in [0.15, 0.2) is 0 Å². The Balaban J connectivity index is 1.90. The number of hydrogen-bond donors (Lipinski definition) is 1. The van der Waals surface area contributed by atoms with Crippen LogP contribution in [0.15, 0.2) is 55.0 Å². The molecular formula is C16H13F3N4O. The van der Waals surface area contributed by atoms with Crippen molar-refractivity contribution in [2.45, 2.75) is 6.18 Å². The summed E-state index contributed by atoms with van der Waals surface area (Å²) in [5.74, 6) is -0.0180. The summed E-state index contributed by atoms with van der Waals surface area (Å²) in [6.07, 6.45) is 0.403. The van der Waals surface area contributed by atoms with Gasteiger partial charge in [0.05, 0.1) is 11.8 Å². The van der Waals surface area contributed by atoms with Crippen molar-refractivity contribution < 1.29 is 18.0 Å². The molecule has 124 valence electrons. The van der Waals surface area contributed by atoms with Gasteiger partial charge in [0.1, 0.15) is 11.4 Å². The first-order chi connectivity index (χ1) is 11.4. The number of nitrogens with zero attached hydrogens (tertiary/aromatic N) is 3. The van der Waals surface area contributed by atoms with Gasteiger partial charge in [-0.15, -0.1) is 0 Å². The summed E-state index contributed by atoms with van der Waals surface area (Å²) in [5, 5.41) is 6.53. The molecular weight excluding hydrogens is 321 g/mol. The maximum absolute atomic E-state index is 12.8. The fourth-order valence-electron chi connectivity index (χ4n) is 2.34. The Morgan fingerprint density at radius 3 is 2.54 bits per heavy atom. The molecule has 0 saturated carbocycles. The van der Waals surface area contributed by atoms with E-state index in [-0.39, 0.29) is 11.3 Å². The summed E-state index contributed by atoms with van der Waals surface area (Å²) in [6, 6.07) is 8.07. The predicted molar refractivity (Wildman–Crippen MR) is 81.9 cm³/mol. The highest BCUT2D eigenvalue weighted by molar-refractivity contribution is 6.06. The molecule has 0 bridgehead atoms. The Morgan fingerprint density at radius 2 is 1.88 bits per heavy atom. The van der Waals surface area contributed by atoms with Gasteiger partial charge in [-0.25, -0.2) is 0 Å². The van der Waals surface area contributed by atoms with Gasteiger partial charge in [-0.2, -0.15) is 18.3 Å². The molecule has 3 aromatic rings. The molecule has 0 aliphatic rings. The van der Waals surface area contributed by atoms with E-state index in [0.717, 1.165) is 12.1 Å². The van der Waals surface area contributed by atoms with Gasteiger partial charge in [-0.1, -0.05) is 6.07 Å². The van der Waals surface area contributed by atoms with Gasteiger partial charge in [-0.3, -0.25) is 9.48 Å². The average Bonchev–Trinajstić information content (AvgIpc) is 3.15. The number of rotatable bonds is 3. The summed E-state index contributed by atoms with van der Waals surface area (Å²) < 4.78 is 41.5. The minimum atomic E-state index is -4.47. The van der Waals surface area contributed by atoms with E-state index in [4.69, 9.17) is 0 Å². The van der Waals surface area contributed by atoms with Crippen LogP contribution in [0.5, 0.6) is 0 Å². The van der Waals surface area contributed by atoms with Crippen LogP contribution in [0.25, 0.3) is 5.82 Å². The van der Waals surface area contributed by atoms with Gasteiger partial charge in [0.25, 0.3) is 5.91 Å². The maximum atomic E-state index is 12.8. The summed E-state index contributed by atoms with van der Waals surface area (Å²) in [5.41, 5.74) is -0.500. The molecule has 8 heteroatoms. The van der Waals surface area contributed by atoms with Crippen molar-refractivity contribution in [3.63, 3.8) is 0 Å². The highest BCUT2D eigenvalue weighted by Crippen LogP contribution is 2.30. The van der Waals surface area contributed by atoms with Crippen LogP contribution < -0.4 is 5.32 Å². The molecule has 1 amide bonds. The monoisotopic (exact) mass is 334 g/mol. The maximum Gasteiger partial charge on any atom is 0.416 e. The molecule has 1 N–H and O–H groups in total. The lowest BCUT2D eigenvalue weighted by molar-refractivity contribution is -0.137. The number of hydrogen-bond acceptors (Lipinski definition) is 2. The first-order valence-electron chi connectivity index (χ1n) is 7.00. The molecule has 1 aromatic carbocycles. The predicted octanol–water partition coefficient (Wildman–Crippen LogP) is 3.48.